The molecule has 2 rings (SSSR count). The van der Waals surface area contributed by atoms with Gasteiger partial charge in [0.1, 0.15) is 0 Å². The first-order chi connectivity index (χ1) is 11.8. The maximum atomic E-state index is 12.9. The van der Waals surface area contributed by atoms with Crippen molar-refractivity contribution in [1.29, 1.82) is 0 Å². The fourth-order valence-electron chi connectivity index (χ4n) is 2.19. The van der Waals surface area contributed by atoms with Gasteiger partial charge in [-0.3, -0.25) is 4.79 Å². The summed E-state index contributed by atoms with van der Waals surface area (Å²) < 4.78 is 27.0. The van der Waals surface area contributed by atoms with Crippen molar-refractivity contribution >= 4 is 39.1 Å². The molecule has 134 valence electrons. The topological polar surface area (TPSA) is 66.5 Å². The predicted octanol–water partition coefficient (Wildman–Crippen LogP) is 3.32. The number of nitrogens with one attached hydrogen (secondary N) is 1. The number of carbonyl (C=O) groups excluding carboxylic acids is 1. The van der Waals surface area contributed by atoms with E-state index in [4.69, 9.17) is 23.2 Å². The molecule has 2 aromatic carbocycles. The number of carbonyl (C=O) groups is 1. The van der Waals surface area contributed by atoms with Crippen LogP contribution in [-0.4, -0.2) is 31.7 Å². The van der Waals surface area contributed by atoms with E-state index in [1.54, 1.807) is 31.2 Å². The molecule has 0 spiro atoms. The number of halogens is 2. The molecule has 5 nitrogen and oxygen atoms in total. The summed E-state index contributed by atoms with van der Waals surface area (Å²) in [6, 6.07) is 12.7. The van der Waals surface area contributed by atoms with Crippen molar-refractivity contribution < 1.29 is 13.2 Å². The summed E-state index contributed by atoms with van der Waals surface area (Å²) in [6.07, 6.45) is 0. The molecular formula is C17H18Cl2N2O3S. The molecular weight excluding hydrogens is 383 g/mol. The second kappa shape index (κ2) is 8.67. The van der Waals surface area contributed by atoms with Crippen molar-refractivity contribution in [3.05, 3.63) is 64.1 Å². The third-order valence-electron chi connectivity index (χ3n) is 3.42. The fraction of sp³-hybridized carbons (Fsp3) is 0.235. The van der Waals surface area contributed by atoms with Crippen LogP contribution in [-0.2, 0) is 21.4 Å². The lowest BCUT2D eigenvalue weighted by molar-refractivity contribution is -0.121. The third-order valence-corrected chi connectivity index (χ3v) is 5.73. The lowest BCUT2D eigenvalue weighted by Crippen LogP contribution is -2.40. The molecule has 0 atom stereocenters. The first-order valence-corrected chi connectivity index (χ1v) is 9.79. The highest BCUT2D eigenvalue weighted by Gasteiger charge is 2.26. The molecule has 0 fully saturated rings. The Morgan fingerprint density at radius 3 is 2.04 bits per heavy atom. The molecule has 0 aliphatic heterocycles. The number of rotatable bonds is 7. The number of amides is 1. The quantitative estimate of drug-likeness (QED) is 0.774. The number of benzene rings is 2. The molecule has 0 heterocycles. The molecule has 1 amide bonds. The summed E-state index contributed by atoms with van der Waals surface area (Å²) in [4.78, 5) is 12.0. The zero-order chi connectivity index (χ0) is 18.4. The normalized spacial score (nSPS) is 11.5. The summed E-state index contributed by atoms with van der Waals surface area (Å²) in [7, 11) is -3.86. The highest BCUT2D eigenvalue weighted by molar-refractivity contribution is 7.89. The van der Waals surface area contributed by atoms with Gasteiger partial charge in [0.2, 0.25) is 15.9 Å². The maximum Gasteiger partial charge on any atom is 0.243 e. The minimum absolute atomic E-state index is 0.0548. The highest BCUT2D eigenvalue weighted by atomic mass is 35.5. The van der Waals surface area contributed by atoms with E-state index in [-0.39, 0.29) is 23.9 Å². The Morgan fingerprint density at radius 2 is 1.52 bits per heavy atom. The first kappa shape index (κ1) is 19.7. The largest absolute Gasteiger partial charge is 0.355 e. The average molecular weight is 401 g/mol. The lowest BCUT2D eigenvalue weighted by Gasteiger charge is -2.22. The van der Waals surface area contributed by atoms with Gasteiger partial charge in [-0.05, 0) is 48.9 Å². The molecule has 0 saturated heterocycles. The molecule has 0 bridgehead atoms. The molecule has 1 N–H and O–H groups in total. The summed E-state index contributed by atoms with van der Waals surface area (Å²) in [5.41, 5.74) is 0.728. The van der Waals surface area contributed by atoms with E-state index in [0.717, 1.165) is 9.87 Å². The Kier molecular flexibility index (Phi) is 6.84. The van der Waals surface area contributed by atoms with Crippen molar-refractivity contribution in [2.75, 3.05) is 13.1 Å². The summed E-state index contributed by atoms with van der Waals surface area (Å²) in [5.74, 6) is -0.367. The van der Waals surface area contributed by atoms with Crippen LogP contribution in [0.5, 0.6) is 0 Å². The SMILES string of the molecule is CCNC(=O)CN(Cc1ccc(Cl)cc1)S(=O)(=O)c1ccc(Cl)cc1. The minimum Gasteiger partial charge on any atom is -0.355 e. The van der Waals surface area contributed by atoms with Gasteiger partial charge < -0.3 is 5.32 Å². The number of hydrogen-bond donors (Lipinski definition) is 1. The van der Waals surface area contributed by atoms with Gasteiger partial charge in [-0.15, -0.1) is 0 Å². The first-order valence-electron chi connectivity index (χ1n) is 7.60. The standard InChI is InChI=1S/C17H18Cl2N2O3S/c1-2-20-17(22)12-21(11-13-3-5-14(18)6-4-13)25(23,24)16-9-7-15(19)8-10-16/h3-10H,2,11-12H2,1H3,(H,20,22). The van der Waals surface area contributed by atoms with Crippen molar-refractivity contribution in [2.45, 2.75) is 18.4 Å². The van der Waals surface area contributed by atoms with Gasteiger partial charge in [0, 0.05) is 23.1 Å². The molecule has 0 saturated carbocycles. The lowest BCUT2D eigenvalue weighted by atomic mass is 10.2. The summed E-state index contributed by atoms with van der Waals surface area (Å²) in [6.45, 7) is 1.98. The Balaban J connectivity index is 2.33. The van der Waals surface area contributed by atoms with Crippen LogP contribution >= 0.6 is 23.2 Å². The molecule has 25 heavy (non-hydrogen) atoms. The van der Waals surface area contributed by atoms with Crippen LogP contribution in [0, 0.1) is 0 Å². The van der Waals surface area contributed by atoms with E-state index in [9.17, 15) is 13.2 Å². The van der Waals surface area contributed by atoms with Crippen LogP contribution in [0.25, 0.3) is 0 Å². The molecule has 2 aromatic rings. The molecule has 0 aromatic heterocycles. The van der Waals surface area contributed by atoms with E-state index in [1.807, 2.05) is 0 Å². The highest BCUT2D eigenvalue weighted by Crippen LogP contribution is 2.21. The van der Waals surface area contributed by atoms with Gasteiger partial charge >= 0.3 is 0 Å². The van der Waals surface area contributed by atoms with Crippen molar-refractivity contribution in [1.82, 2.24) is 9.62 Å². The summed E-state index contributed by atoms with van der Waals surface area (Å²) in [5, 5.41) is 3.61. The smallest absolute Gasteiger partial charge is 0.243 e. The van der Waals surface area contributed by atoms with Gasteiger partial charge in [0.05, 0.1) is 11.4 Å². The second-order valence-electron chi connectivity index (χ2n) is 5.31. The minimum atomic E-state index is -3.86. The zero-order valence-corrected chi connectivity index (χ0v) is 15.9. The molecule has 8 heteroatoms. The fourth-order valence-corrected chi connectivity index (χ4v) is 3.82. The van der Waals surface area contributed by atoms with Crippen molar-refractivity contribution in [3.63, 3.8) is 0 Å². The van der Waals surface area contributed by atoms with Gasteiger partial charge in [-0.1, -0.05) is 35.3 Å². The molecule has 0 aliphatic rings. The third kappa shape index (κ3) is 5.44. The zero-order valence-electron chi connectivity index (χ0n) is 13.6. The number of nitrogens with zero attached hydrogens (tertiary/aromatic N) is 1. The molecule has 0 radical (unpaired) electrons. The van der Waals surface area contributed by atoms with Crippen molar-refractivity contribution in [3.8, 4) is 0 Å². The van der Waals surface area contributed by atoms with Crippen LogP contribution < -0.4 is 5.32 Å². The van der Waals surface area contributed by atoms with Crippen LogP contribution in [0.3, 0.4) is 0 Å². The Bertz CT molecular complexity index is 822. The van der Waals surface area contributed by atoms with Gasteiger partial charge in [0.15, 0.2) is 0 Å². The molecule has 0 unspecified atom stereocenters. The monoisotopic (exact) mass is 400 g/mol. The summed E-state index contributed by atoms with van der Waals surface area (Å²) >= 11 is 11.7. The van der Waals surface area contributed by atoms with Crippen LogP contribution in [0.15, 0.2) is 53.4 Å². The molecule has 0 aliphatic carbocycles. The average Bonchev–Trinajstić information content (AvgIpc) is 2.57. The van der Waals surface area contributed by atoms with Crippen LogP contribution in [0.4, 0.5) is 0 Å². The van der Waals surface area contributed by atoms with Crippen LogP contribution in [0.2, 0.25) is 10.0 Å². The van der Waals surface area contributed by atoms with E-state index in [2.05, 4.69) is 5.32 Å². The van der Waals surface area contributed by atoms with Gasteiger partial charge in [-0.25, -0.2) is 8.42 Å². The van der Waals surface area contributed by atoms with Gasteiger partial charge in [-0.2, -0.15) is 4.31 Å². The Morgan fingerprint density at radius 1 is 1.00 bits per heavy atom. The van der Waals surface area contributed by atoms with Crippen molar-refractivity contribution in [2.24, 2.45) is 0 Å². The number of hydrogen-bond acceptors (Lipinski definition) is 3. The Hall–Kier alpha value is -1.60. The van der Waals surface area contributed by atoms with E-state index in [1.165, 1.54) is 24.3 Å². The Labute approximate surface area is 157 Å². The van der Waals surface area contributed by atoms with Crippen LogP contribution in [0.1, 0.15) is 12.5 Å². The van der Waals surface area contributed by atoms with E-state index in [0.29, 0.717) is 16.6 Å². The van der Waals surface area contributed by atoms with E-state index < -0.39 is 10.0 Å². The number of likely N-dealkylation sites (N-methyl/N-ethyl adjacent to an activating group) is 1. The second-order valence-corrected chi connectivity index (χ2v) is 8.12. The maximum absolute atomic E-state index is 12.9. The van der Waals surface area contributed by atoms with Gasteiger partial charge in [0.25, 0.3) is 0 Å². The number of sulfonamides is 1. The predicted molar refractivity (Wildman–Crippen MR) is 99.2 cm³/mol. The van der Waals surface area contributed by atoms with E-state index >= 15 is 0 Å².